The summed E-state index contributed by atoms with van der Waals surface area (Å²) in [7, 11) is 0. The Bertz CT molecular complexity index is 397. The summed E-state index contributed by atoms with van der Waals surface area (Å²) >= 11 is 0. The van der Waals surface area contributed by atoms with Crippen molar-refractivity contribution in [3.8, 4) is 0 Å². The highest BCUT2D eigenvalue weighted by atomic mass is 16.1. The van der Waals surface area contributed by atoms with Crippen LogP contribution in [0.5, 0.6) is 0 Å². The van der Waals surface area contributed by atoms with E-state index in [1.165, 1.54) is 32.1 Å². The standard InChI is InChI=1S/C15H22N2O/c16-15(18)14-8-4-3-7-13(14)11-17-10-9-12-5-1-2-6-12/h3-4,7-8,12,17H,1-2,5-6,9-11H2,(H2,16,18). The summed E-state index contributed by atoms with van der Waals surface area (Å²) in [6.45, 7) is 1.75. The van der Waals surface area contributed by atoms with E-state index in [1.807, 2.05) is 18.2 Å². The molecule has 1 aliphatic carbocycles. The number of hydrogen-bond acceptors (Lipinski definition) is 2. The van der Waals surface area contributed by atoms with Crippen molar-refractivity contribution < 1.29 is 4.79 Å². The molecule has 1 amide bonds. The Hall–Kier alpha value is -1.35. The van der Waals surface area contributed by atoms with Crippen LogP contribution in [0.2, 0.25) is 0 Å². The molecule has 0 spiro atoms. The molecule has 18 heavy (non-hydrogen) atoms. The van der Waals surface area contributed by atoms with E-state index in [2.05, 4.69) is 5.32 Å². The summed E-state index contributed by atoms with van der Waals surface area (Å²) in [4.78, 5) is 11.3. The van der Waals surface area contributed by atoms with Gasteiger partial charge >= 0.3 is 0 Å². The molecular formula is C15H22N2O. The summed E-state index contributed by atoms with van der Waals surface area (Å²) in [6, 6.07) is 7.54. The van der Waals surface area contributed by atoms with Crippen LogP contribution < -0.4 is 11.1 Å². The highest BCUT2D eigenvalue weighted by Gasteiger charge is 2.14. The first kappa shape index (κ1) is 13.1. The van der Waals surface area contributed by atoms with Crippen molar-refractivity contribution in [1.82, 2.24) is 5.32 Å². The van der Waals surface area contributed by atoms with Gasteiger partial charge in [0.15, 0.2) is 0 Å². The Morgan fingerprint density at radius 1 is 1.28 bits per heavy atom. The number of amides is 1. The van der Waals surface area contributed by atoms with Crippen LogP contribution in [0.25, 0.3) is 0 Å². The minimum atomic E-state index is -0.344. The molecule has 3 nitrogen and oxygen atoms in total. The van der Waals surface area contributed by atoms with E-state index in [1.54, 1.807) is 6.07 Å². The average molecular weight is 246 g/mol. The van der Waals surface area contributed by atoms with Crippen LogP contribution in [0.4, 0.5) is 0 Å². The van der Waals surface area contributed by atoms with E-state index in [4.69, 9.17) is 5.73 Å². The molecule has 0 radical (unpaired) electrons. The SMILES string of the molecule is NC(=O)c1ccccc1CNCCC1CCCC1. The lowest BCUT2D eigenvalue weighted by atomic mass is 10.0. The number of primary amides is 1. The number of nitrogens with one attached hydrogen (secondary N) is 1. The van der Waals surface area contributed by atoms with Gasteiger partial charge in [0.25, 0.3) is 0 Å². The van der Waals surface area contributed by atoms with E-state index in [0.29, 0.717) is 5.56 Å². The molecule has 0 unspecified atom stereocenters. The smallest absolute Gasteiger partial charge is 0.249 e. The Morgan fingerprint density at radius 2 is 2.00 bits per heavy atom. The maximum absolute atomic E-state index is 11.3. The van der Waals surface area contributed by atoms with Crippen LogP contribution >= 0.6 is 0 Å². The number of nitrogens with two attached hydrogens (primary N) is 1. The van der Waals surface area contributed by atoms with Gasteiger partial charge in [0, 0.05) is 12.1 Å². The minimum absolute atomic E-state index is 0.344. The molecule has 2 rings (SSSR count). The zero-order chi connectivity index (χ0) is 12.8. The molecule has 0 aliphatic heterocycles. The van der Waals surface area contributed by atoms with Crippen LogP contribution in [0, 0.1) is 5.92 Å². The molecule has 0 saturated heterocycles. The molecule has 0 aromatic heterocycles. The normalized spacial score (nSPS) is 16.0. The van der Waals surface area contributed by atoms with Crippen molar-refractivity contribution in [3.05, 3.63) is 35.4 Å². The molecule has 1 aliphatic rings. The zero-order valence-corrected chi connectivity index (χ0v) is 10.8. The summed E-state index contributed by atoms with van der Waals surface area (Å²) in [5.74, 6) is 0.562. The highest BCUT2D eigenvalue weighted by molar-refractivity contribution is 5.94. The molecule has 1 saturated carbocycles. The Morgan fingerprint density at radius 3 is 2.72 bits per heavy atom. The third-order valence-electron chi connectivity index (χ3n) is 3.80. The van der Waals surface area contributed by atoms with Gasteiger partial charge in [-0.3, -0.25) is 4.79 Å². The van der Waals surface area contributed by atoms with E-state index in [-0.39, 0.29) is 5.91 Å². The van der Waals surface area contributed by atoms with Crippen LogP contribution in [-0.2, 0) is 6.54 Å². The summed E-state index contributed by atoms with van der Waals surface area (Å²) in [6.07, 6.45) is 6.82. The number of carbonyl (C=O) groups excluding carboxylic acids is 1. The van der Waals surface area contributed by atoms with E-state index in [0.717, 1.165) is 24.6 Å². The largest absolute Gasteiger partial charge is 0.366 e. The molecule has 1 aromatic rings. The zero-order valence-electron chi connectivity index (χ0n) is 10.8. The van der Waals surface area contributed by atoms with Crippen molar-refractivity contribution in [2.75, 3.05) is 6.54 Å². The maximum Gasteiger partial charge on any atom is 0.249 e. The van der Waals surface area contributed by atoms with Gasteiger partial charge < -0.3 is 11.1 Å². The lowest BCUT2D eigenvalue weighted by Gasteiger charge is -2.11. The molecule has 1 fully saturated rings. The quantitative estimate of drug-likeness (QED) is 0.758. The van der Waals surface area contributed by atoms with Gasteiger partial charge in [-0.15, -0.1) is 0 Å². The Kier molecular flexibility index (Phi) is 4.76. The lowest BCUT2D eigenvalue weighted by molar-refractivity contribution is 0.0999. The molecule has 0 bridgehead atoms. The fraction of sp³-hybridized carbons (Fsp3) is 0.533. The van der Waals surface area contributed by atoms with Gasteiger partial charge in [0.05, 0.1) is 0 Å². The van der Waals surface area contributed by atoms with Crippen molar-refractivity contribution >= 4 is 5.91 Å². The molecule has 1 aromatic carbocycles. The maximum atomic E-state index is 11.3. The Balaban J connectivity index is 1.77. The second-order valence-electron chi connectivity index (χ2n) is 5.14. The summed E-state index contributed by atoms with van der Waals surface area (Å²) in [5, 5.41) is 3.42. The van der Waals surface area contributed by atoms with Crippen LogP contribution in [0.15, 0.2) is 24.3 Å². The third-order valence-corrected chi connectivity index (χ3v) is 3.80. The average Bonchev–Trinajstić information content (AvgIpc) is 2.88. The van der Waals surface area contributed by atoms with E-state index < -0.39 is 0 Å². The number of hydrogen-bond donors (Lipinski definition) is 2. The van der Waals surface area contributed by atoms with Gasteiger partial charge in [-0.25, -0.2) is 0 Å². The number of rotatable bonds is 6. The summed E-state index contributed by atoms with van der Waals surface area (Å²) in [5.41, 5.74) is 6.98. The first-order valence-electron chi connectivity index (χ1n) is 6.86. The molecule has 98 valence electrons. The van der Waals surface area contributed by atoms with Gasteiger partial charge in [0.2, 0.25) is 5.91 Å². The summed E-state index contributed by atoms with van der Waals surface area (Å²) < 4.78 is 0. The molecule has 0 heterocycles. The van der Waals surface area contributed by atoms with Crippen LogP contribution in [0.3, 0.4) is 0 Å². The predicted molar refractivity (Wildman–Crippen MR) is 73.2 cm³/mol. The molecule has 3 heteroatoms. The topological polar surface area (TPSA) is 55.1 Å². The van der Waals surface area contributed by atoms with E-state index in [9.17, 15) is 4.79 Å². The molecular weight excluding hydrogens is 224 g/mol. The minimum Gasteiger partial charge on any atom is -0.366 e. The first-order chi connectivity index (χ1) is 8.77. The monoisotopic (exact) mass is 246 g/mol. The van der Waals surface area contributed by atoms with Gasteiger partial charge in [-0.2, -0.15) is 0 Å². The lowest BCUT2D eigenvalue weighted by Crippen LogP contribution is -2.20. The molecule has 0 atom stereocenters. The van der Waals surface area contributed by atoms with E-state index >= 15 is 0 Å². The van der Waals surface area contributed by atoms with Crippen molar-refractivity contribution in [2.45, 2.75) is 38.6 Å². The van der Waals surface area contributed by atoms with Crippen molar-refractivity contribution in [3.63, 3.8) is 0 Å². The second-order valence-corrected chi connectivity index (χ2v) is 5.14. The van der Waals surface area contributed by atoms with Crippen LogP contribution in [0.1, 0.15) is 48.0 Å². The van der Waals surface area contributed by atoms with Crippen molar-refractivity contribution in [2.24, 2.45) is 11.7 Å². The molecule has 3 N–H and O–H groups in total. The van der Waals surface area contributed by atoms with Gasteiger partial charge in [0.1, 0.15) is 0 Å². The number of carbonyl (C=O) groups is 1. The fourth-order valence-electron chi connectivity index (χ4n) is 2.74. The van der Waals surface area contributed by atoms with Gasteiger partial charge in [-0.05, 0) is 30.5 Å². The highest BCUT2D eigenvalue weighted by Crippen LogP contribution is 2.26. The van der Waals surface area contributed by atoms with Gasteiger partial charge in [-0.1, -0.05) is 43.9 Å². The predicted octanol–water partition coefficient (Wildman–Crippen LogP) is 2.46. The fourth-order valence-corrected chi connectivity index (χ4v) is 2.74. The third kappa shape index (κ3) is 3.57. The number of benzene rings is 1. The Labute approximate surface area is 109 Å². The second kappa shape index (κ2) is 6.55. The van der Waals surface area contributed by atoms with Crippen molar-refractivity contribution in [1.29, 1.82) is 0 Å². The first-order valence-corrected chi connectivity index (χ1v) is 6.86. The van der Waals surface area contributed by atoms with Crippen LogP contribution in [-0.4, -0.2) is 12.5 Å².